The van der Waals surface area contributed by atoms with Gasteiger partial charge in [-0.3, -0.25) is 4.90 Å². The molecular formula is C17H28ClN3. The first-order valence-electron chi connectivity index (χ1n) is 8.04. The SMILES string of the molecule is CCC(N)Cc1ccc(N2CCN(C)C(CC)C2)c(Cl)c1. The molecule has 0 aliphatic carbocycles. The zero-order valence-corrected chi connectivity index (χ0v) is 14.2. The molecule has 1 heterocycles. The van der Waals surface area contributed by atoms with Crippen molar-refractivity contribution < 1.29 is 0 Å². The molecule has 2 N–H and O–H groups in total. The lowest BCUT2D eigenvalue weighted by Gasteiger charge is -2.40. The largest absolute Gasteiger partial charge is 0.367 e. The molecule has 2 atom stereocenters. The maximum atomic E-state index is 6.52. The molecule has 0 bridgehead atoms. The Morgan fingerprint density at radius 2 is 2.10 bits per heavy atom. The monoisotopic (exact) mass is 309 g/mol. The number of nitrogens with two attached hydrogens (primary N) is 1. The van der Waals surface area contributed by atoms with Crippen molar-refractivity contribution >= 4 is 17.3 Å². The van der Waals surface area contributed by atoms with Crippen molar-refractivity contribution in [3.05, 3.63) is 28.8 Å². The maximum Gasteiger partial charge on any atom is 0.0642 e. The molecule has 1 aromatic carbocycles. The highest BCUT2D eigenvalue weighted by Gasteiger charge is 2.24. The Balaban J connectivity index is 2.10. The number of nitrogens with zero attached hydrogens (tertiary/aromatic N) is 2. The van der Waals surface area contributed by atoms with E-state index < -0.39 is 0 Å². The van der Waals surface area contributed by atoms with Crippen molar-refractivity contribution in [1.29, 1.82) is 0 Å². The molecule has 0 amide bonds. The third-order valence-corrected chi connectivity index (χ3v) is 4.93. The Labute approximate surface area is 134 Å². The Morgan fingerprint density at radius 1 is 1.33 bits per heavy atom. The third kappa shape index (κ3) is 4.12. The summed E-state index contributed by atoms with van der Waals surface area (Å²) in [6.07, 6.45) is 3.07. The summed E-state index contributed by atoms with van der Waals surface area (Å²) < 4.78 is 0. The zero-order chi connectivity index (χ0) is 15.4. The van der Waals surface area contributed by atoms with Crippen LogP contribution in [0.25, 0.3) is 0 Å². The van der Waals surface area contributed by atoms with E-state index in [-0.39, 0.29) is 6.04 Å². The van der Waals surface area contributed by atoms with Crippen LogP contribution in [0, 0.1) is 0 Å². The minimum Gasteiger partial charge on any atom is -0.367 e. The minimum atomic E-state index is 0.222. The summed E-state index contributed by atoms with van der Waals surface area (Å²) in [6.45, 7) is 7.57. The van der Waals surface area contributed by atoms with Crippen molar-refractivity contribution in [1.82, 2.24) is 4.90 Å². The van der Waals surface area contributed by atoms with Crippen LogP contribution in [-0.2, 0) is 6.42 Å². The van der Waals surface area contributed by atoms with Crippen LogP contribution in [-0.4, -0.2) is 43.7 Å². The van der Waals surface area contributed by atoms with E-state index in [9.17, 15) is 0 Å². The molecule has 0 saturated carbocycles. The highest BCUT2D eigenvalue weighted by Crippen LogP contribution is 2.29. The standard InChI is InChI=1S/C17H28ClN3/c1-4-14(19)10-13-6-7-17(16(18)11-13)21-9-8-20(3)15(5-2)12-21/h6-7,11,14-15H,4-5,8-10,12,19H2,1-3H3. The van der Waals surface area contributed by atoms with E-state index in [0.29, 0.717) is 6.04 Å². The van der Waals surface area contributed by atoms with Crippen molar-refractivity contribution in [2.75, 3.05) is 31.6 Å². The Morgan fingerprint density at radius 3 is 2.71 bits per heavy atom. The fraction of sp³-hybridized carbons (Fsp3) is 0.647. The number of anilines is 1. The molecule has 0 radical (unpaired) electrons. The van der Waals surface area contributed by atoms with Gasteiger partial charge >= 0.3 is 0 Å². The molecule has 1 saturated heterocycles. The molecule has 21 heavy (non-hydrogen) atoms. The van der Waals surface area contributed by atoms with Crippen LogP contribution in [0.1, 0.15) is 32.3 Å². The van der Waals surface area contributed by atoms with Crippen molar-refractivity contribution in [2.45, 2.75) is 45.2 Å². The molecular weight excluding hydrogens is 282 g/mol. The Kier molecular flexibility index (Phi) is 5.91. The Bertz CT molecular complexity index is 463. The lowest BCUT2D eigenvalue weighted by molar-refractivity contribution is 0.213. The lowest BCUT2D eigenvalue weighted by atomic mass is 10.0. The summed E-state index contributed by atoms with van der Waals surface area (Å²) in [5.74, 6) is 0. The van der Waals surface area contributed by atoms with Crippen molar-refractivity contribution in [3.8, 4) is 0 Å². The quantitative estimate of drug-likeness (QED) is 0.907. The third-order valence-electron chi connectivity index (χ3n) is 4.62. The maximum absolute atomic E-state index is 6.52. The van der Waals surface area contributed by atoms with Crippen LogP contribution < -0.4 is 10.6 Å². The number of hydrogen-bond acceptors (Lipinski definition) is 3. The predicted octanol–water partition coefficient (Wildman–Crippen LogP) is 3.15. The number of benzene rings is 1. The van der Waals surface area contributed by atoms with Crippen LogP contribution in [0.3, 0.4) is 0 Å². The lowest BCUT2D eigenvalue weighted by Crippen LogP contribution is -2.51. The van der Waals surface area contributed by atoms with Crippen molar-refractivity contribution in [3.63, 3.8) is 0 Å². The van der Waals surface area contributed by atoms with Gasteiger partial charge in [-0.15, -0.1) is 0 Å². The van der Waals surface area contributed by atoms with Gasteiger partial charge in [-0.25, -0.2) is 0 Å². The average Bonchev–Trinajstić information content (AvgIpc) is 2.48. The minimum absolute atomic E-state index is 0.222. The van der Waals surface area contributed by atoms with E-state index in [1.54, 1.807) is 0 Å². The van der Waals surface area contributed by atoms with Crippen LogP contribution in [0.2, 0.25) is 5.02 Å². The second-order valence-corrected chi connectivity index (χ2v) is 6.55. The molecule has 118 valence electrons. The summed E-state index contributed by atoms with van der Waals surface area (Å²) in [7, 11) is 2.21. The van der Waals surface area contributed by atoms with E-state index in [0.717, 1.165) is 43.2 Å². The van der Waals surface area contributed by atoms with E-state index >= 15 is 0 Å². The highest BCUT2D eigenvalue weighted by molar-refractivity contribution is 6.33. The zero-order valence-electron chi connectivity index (χ0n) is 13.5. The van der Waals surface area contributed by atoms with Gasteiger partial charge in [0.25, 0.3) is 0 Å². The van der Waals surface area contributed by atoms with Gasteiger partial charge in [0, 0.05) is 31.7 Å². The number of piperazine rings is 1. The van der Waals surface area contributed by atoms with Crippen LogP contribution >= 0.6 is 11.6 Å². The fourth-order valence-electron chi connectivity index (χ4n) is 2.99. The van der Waals surface area contributed by atoms with Gasteiger partial charge in [0.1, 0.15) is 0 Å². The van der Waals surface area contributed by atoms with Gasteiger partial charge < -0.3 is 10.6 Å². The van der Waals surface area contributed by atoms with Gasteiger partial charge in [0.2, 0.25) is 0 Å². The highest BCUT2D eigenvalue weighted by atomic mass is 35.5. The first-order chi connectivity index (χ1) is 10.0. The summed E-state index contributed by atoms with van der Waals surface area (Å²) in [5, 5.41) is 0.857. The second kappa shape index (κ2) is 7.48. The average molecular weight is 310 g/mol. The number of halogens is 1. The van der Waals surface area contributed by atoms with E-state index in [4.69, 9.17) is 17.3 Å². The number of hydrogen-bond donors (Lipinski definition) is 1. The van der Waals surface area contributed by atoms with Gasteiger partial charge in [-0.2, -0.15) is 0 Å². The molecule has 0 spiro atoms. The van der Waals surface area contributed by atoms with E-state index in [2.05, 4.69) is 48.9 Å². The van der Waals surface area contributed by atoms with Crippen LogP contribution in [0.15, 0.2) is 18.2 Å². The molecule has 4 heteroatoms. The van der Waals surface area contributed by atoms with Gasteiger partial charge in [0.15, 0.2) is 0 Å². The van der Waals surface area contributed by atoms with Gasteiger partial charge in [-0.1, -0.05) is 31.5 Å². The second-order valence-electron chi connectivity index (χ2n) is 6.15. The summed E-state index contributed by atoms with van der Waals surface area (Å²) in [6, 6.07) is 7.27. The number of likely N-dealkylation sites (N-methyl/N-ethyl adjacent to an activating group) is 1. The Hall–Kier alpha value is -0.770. The molecule has 1 aliphatic heterocycles. The first-order valence-corrected chi connectivity index (χ1v) is 8.42. The fourth-order valence-corrected chi connectivity index (χ4v) is 3.31. The molecule has 1 aliphatic rings. The summed E-state index contributed by atoms with van der Waals surface area (Å²) in [4.78, 5) is 4.86. The summed E-state index contributed by atoms with van der Waals surface area (Å²) in [5.41, 5.74) is 8.43. The number of rotatable bonds is 5. The predicted molar refractivity (Wildman–Crippen MR) is 92.3 cm³/mol. The van der Waals surface area contributed by atoms with Crippen LogP contribution in [0.4, 0.5) is 5.69 Å². The van der Waals surface area contributed by atoms with Crippen molar-refractivity contribution in [2.24, 2.45) is 5.73 Å². The van der Waals surface area contributed by atoms with Gasteiger partial charge in [-0.05, 0) is 44.0 Å². The molecule has 2 unspecified atom stereocenters. The van der Waals surface area contributed by atoms with E-state index in [1.807, 2.05) is 0 Å². The first kappa shape index (κ1) is 16.6. The molecule has 1 fully saturated rings. The topological polar surface area (TPSA) is 32.5 Å². The smallest absolute Gasteiger partial charge is 0.0642 e. The molecule has 3 nitrogen and oxygen atoms in total. The normalized spacial score (nSPS) is 21.6. The van der Waals surface area contributed by atoms with E-state index in [1.165, 1.54) is 12.0 Å². The molecule has 1 aromatic rings. The van der Waals surface area contributed by atoms with Crippen LogP contribution in [0.5, 0.6) is 0 Å². The summed E-state index contributed by atoms with van der Waals surface area (Å²) >= 11 is 6.52. The van der Waals surface area contributed by atoms with Gasteiger partial charge in [0.05, 0.1) is 10.7 Å². The molecule has 2 rings (SSSR count). The molecule has 0 aromatic heterocycles.